The van der Waals surface area contributed by atoms with Gasteiger partial charge in [-0.25, -0.2) is 0 Å². The van der Waals surface area contributed by atoms with E-state index in [1.54, 1.807) is 18.4 Å². The van der Waals surface area contributed by atoms with Crippen molar-refractivity contribution in [3.8, 4) is 0 Å². The van der Waals surface area contributed by atoms with E-state index in [-0.39, 0.29) is 12.6 Å². The number of amides is 2. The first-order valence-corrected chi connectivity index (χ1v) is 8.48. The number of ether oxygens (including phenoxy) is 1. The predicted octanol–water partition coefficient (Wildman–Crippen LogP) is 3.12. The van der Waals surface area contributed by atoms with Crippen LogP contribution in [0.15, 0.2) is 30.3 Å². The molecular weight excluding hydrogens is 324 g/mol. The van der Waals surface area contributed by atoms with Crippen molar-refractivity contribution >= 4 is 28.8 Å². The summed E-state index contributed by atoms with van der Waals surface area (Å²) in [6.07, 6.45) is -0.263. The van der Waals surface area contributed by atoms with E-state index in [2.05, 4.69) is 10.6 Å². The van der Waals surface area contributed by atoms with Gasteiger partial charge in [0.05, 0.1) is 0 Å². The zero-order chi connectivity index (χ0) is 17.7. The van der Waals surface area contributed by atoms with Crippen LogP contribution in [0.4, 0.5) is 5.69 Å². The number of nitrogens with one attached hydrogen (secondary N) is 2. The Morgan fingerprint density at radius 2 is 1.88 bits per heavy atom. The van der Waals surface area contributed by atoms with Crippen LogP contribution in [0.1, 0.15) is 27.0 Å². The first kappa shape index (κ1) is 18.2. The van der Waals surface area contributed by atoms with Gasteiger partial charge in [-0.3, -0.25) is 9.59 Å². The molecule has 1 heterocycles. The highest BCUT2D eigenvalue weighted by atomic mass is 32.1. The molecule has 128 valence electrons. The number of carbonyl (C=O) groups is 2. The summed E-state index contributed by atoms with van der Waals surface area (Å²) < 4.78 is 5.40. The lowest BCUT2D eigenvalue weighted by atomic mass is 10.1. The van der Waals surface area contributed by atoms with Crippen molar-refractivity contribution in [3.63, 3.8) is 0 Å². The Morgan fingerprint density at radius 3 is 2.50 bits per heavy atom. The van der Waals surface area contributed by atoms with Gasteiger partial charge in [0.2, 0.25) is 0 Å². The second-order valence-electron chi connectivity index (χ2n) is 5.66. The van der Waals surface area contributed by atoms with E-state index in [4.69, 9.17) is 4.74 Å². The Balaban J connectivity index is 1.93. The largest absolute Gasteiger partial charge is 0.374 e. The van der Waals surface area contributed by atoms with E-state index in [1.807, 2.05) is 51.1 Å². The fraction of sp³-hybridized carbons (Fsp3) is 0.333. The molecule has 1 aromatic carbocycles. The fourth-order valence-electron chi connectivity index (χ4n) is 2.24. The van der Waals surface area contributed by atoms with Crippen LogP contribution in [0, 0.1) is 20.8 Å². The molecule has 2 amide bonds. The highest BCUT2D eigenvalue weighted by Gasteiger charge is 2.18. The Morgan fingerprint density at radius 1 is 1.12 bits per heavy atom. The first-order chi connectivity index (χ1) is 11.4. The van der Waals surface area contributed by atoms with Gasteiger partial charge in [-0.2, -0.15) is 0 Å². The monoisotopic (exact) mass is 346 g/mol. The molecule has 2 rings (SSSR count). The molecule has 0 saturated carbocycles. The lowest BCUT2D eigenvalue weighted by Crippen LogP contribution is -2.38. The quantitative estimate of drug-likeness (QED) is 0.818. The molecule has 0 bridgehead atoms. The molecule has 0 aliphatic heterocycles. The number of hydrogen-bond acceptors (Lipinski definition) is 4. The van der Waals surface area contributed by atoms with Gasteiger partial charge in [-0.15, -0.1) is 11.3 Å². The highest BCUT2D eigenvalue weighted by Crippen LogP contribution is 2.24. The third-order valence-corrected chi connectivity index (χ3v) is 4.75. The standard InChI is InChI=1S/C18H22N2O3S/c1-11-5-6-12(2)14(9-11)20-18(22)17(21)19-10-15(23-4)16-8-7-13(3)24-16/h5-9,15H,10H2,1-4H3,(H,19,21)(H,20,22). The zero-order valence-electron chi connectivity index (χ0n) is 14.3. The van der Waals surface area contributed by atoms with Gasteiger partial charge in [0.1, 0.15) is 6.10 Å². The number of methoxy groups -OCH3 is 1. The van der Waals surface area contributed by atoms with Crippen molar-refractivity contribution < 1.29 is 14.3 Å². The van der Waals surface area contributed by atoms with Crippen molar-refractivity contribution in [2.75, 3.05) is 19.0 Å². The van der Waals surface area contributed by atoms with Crippen molar-refractivity contribution in [3.05, 3.63) is 51.2 Å². The van der Waals surface area contributed by atoms with Crippen molar-refractivity contribution in [2.45, 2.75) is 26.9 Å². The third kappa shape index (κ3) is 4.66. The Labute approximate surface area is 146 Å². The van der Waals surface area contributed by atoms with Crippen LogP contribution >= 0.6 is 11.3 Å². The molecule has 0 radical (unpaired) electrons. The number of benzene rings is 1. The van der Waals surface area contributed by atoms with Crippen molar-refractivity contribution in [1.29, 1.82) is 0 Å². The first-order valence-electron chi connectivity index (χ1n) is 7.66. The molecule has 1 atom stereocenters. The van der Waals surface area contributed by atoms with Crippen LogP contribution in [-0.4, -0.2) is 25.5 Å². The molecule has 0 fully saturated rings. The smallest absolute Gasteiger partial charge is 0.313 e. The molecular formula is C18H22N2O3S. The highest BCUT2D eigenvalue weighted by molar-refractivity contribution is 7.12. The Bertz CT molecular complexity index is 740. The number of rotatable bonds is 5. The summed E-state index contributed by atoms with van der Waals surface area (Å²) in [6.45, 7) is 6.07. The van der Waals surface area contributed by atoms with Gasteiger partial charge < -0.3 is 15.4 Å². The van der Waals surface area contributed by atoms with Crippen LogP contribution in [0.2, 0.25) is 0 Å². The minimum absolute atomic E-state index is 0.246. The van der Waals surface area contributed by atoms with Crippen LogP contribution in [0.3, 0.4) is 0 Å². The van der Waals surface area contributed by atoms with E-state index >= 15 is 0 Å². The minimum atomic E-state index is -0.680. The maximum atomic E-state index is 12.1. The number of aryl methyl sites for hydroxylation is 3. The summed E-state index contributed by atoms with van der Waals surface area (Å²) >= 11 is 1.61. The molecule has 2 aromatic rings. The van der Waals surface area contributed by atoms with Crippen molar-refractivity contribution in [2.24, 2.45) is 0 Å². The lowest BCUT2D eigenvalue weighted by molar-refractivity contribution is -0.136. The normalized spacial score (nSPS) is 11.8. The summed E-state index contributed by atoms with van der Waals surface area (Å²) in [6, 6.07) is 9.67. The molecule has 24 heavy (non-hydrogen) atoms. The van der Waals surface area contributed by atoms with E-state index in [0.717, 1.165) is 16.0 Å². The topological polar surface area (TPSA) is 67.4 Å². The average Bonchev–Trinajstić information content (AvgIpc) is 2.97. The summed E-state index contributed by atoms with van der Waals surface area (Å²) in [4.78, 5) is 26.3. The van der Waals surface area contributed by atoms with Crippen molar-refractivity contribution in [1.82, 2.24) is 5.32 Å². The predicted molar refractivity (Wildman–Crippen MR) is 96.4 cm³/mol. The van der Waals surface area contributed by atoms with Gasteiger partial charge in [-0.05, 0) is 50.1 Å². The lowest BCUT2D eigenvalue weighted by Gasteiger charge is -2.15. The van der Waals surface area contributed by atoms with Gasteiger partial charge in [0, 0.05) is 29.1 Å². The number of thiophene rings is 1. The zero-order valence-corrected chi connectivity index (χ0v) is 15.1. The minimum Gasteiger partial charge on any atom is -0.374 e. The number of hydrogen-bond donors (Lipinski definition) is 2. The summed E-state index contributed by atoms with van der Waals surface area (Å²) in [7, 11) is 1.59. The molecule has 0 aliphatic carbocycles. The van der Waals surface area contributed by atoms with Gasteiger partial charge in [0.15, 0.2) is 0 Å². The summed E-state index contributed by atoms with van der Waals surface area (Å²) in [5, 5.41) is 5.27. The Kier molecular flexibility index (Phi) is 6.11. The third-order valence-electron chi connectivity index (χ3n) is 3.66. The molecule has 0 aliphatic rings. The van der Waals surface area contributed by atoms with E-state index in [1.165, 1.54) is 4.88 Å². The Hall–Kier alpha value is -2.18. The number of anilines is 1. The van der Waals surface area contributed by atoms with Gasteiger partial charge in [0.25, 0.3) is 0 Å². The number of carbonyl (C=O) groups excluding carboxylic acids is 2. The summed E-state index contributed by atoms with van der Waals surface area (Å²) in [5.41, 5.74) is 2.57. The molecule has 1 aromatic heterocycles. The van der Waals surface area contributed by atoms with Gasteiger partial charge in [-0.1, -0.05) is 12.1 Å². The van der Waals surface area contributed by atoms with E-state index in [0.29, 0.717) is 5.69 Å². The maximum absolute atomic E-state index is 12.1. The average molecular weight is 346 g/mol. The SMILES string of the molecule is COC(CNC(=O)C(=O)Nc1cc(C)ccc1C)c1ccc(C)s1. The summed E-state index contributed by atoms with van der Waals surface area (Å²) in [5.74, 6) is -1.35. The molecule has 0 spiro atoms. The van der Waals surface area contributed by atoms with E-state index < -0.39 is 11.8 Å². The second kappa shape index (κ2) is 8.08. The van der Waals surface area contributed by atoms with Crippen LogP contribution < -0.4 is 10.6 Å². The maximum Gasteiger partial charge on any atom is 0.313 e. The van der Waals surface area contributed by atoms with Crippen LogP contribution in [0.5, 0.6) is 0 Å². The fourth-order valence-corrected chi connectivity index (χ4v) is 3.20. The molecule has 1 unspecified atom stereocenters. The second-order valence-corrected chi connectivity index (χ2v) is 6.97. The molecule has 2 N–H and O–H groups in total. The van der Waals surface area contributed by atoms with Crippen LogP contribution in [0.25, 0.3) is 0 Å². The molecule has 0 saturated heterocycles. The van der Waals surface area contributed by atoms with Gasteiger partial charge >= 0.3 is 11.8 Å². The molecule has 6 heteroatoms. The molecule has 5 nitrogen and oxygen atoms in total. The van der Waals surface area contributed by atoms with E-state index in [9.17, 15) is 9.59 Å². The van der Waals surface area contributed by atoms with Crippen LogP contribution in [-0.2, 0) is 14.3 Å².